The van der Waals surface area contributed by atoms with Gasteiger partial charge in [-0.3, -0.25) is 9.59 Å². The lowest BCUT2D eigenvalue weighted by molar-refractivity contribution is -0.120. The summed E-state index contributed by atoms with van der Waals surface area (Å²) in [6.45, 7) is 2.78. The summed E-state index contributed by atoms with van der Waals surface area (Å²) in [4.78, 5) is 26.6. The molecule has 9 heteroatoms. The first-order valence-electron chi connectivity index (χ1n) is 11.5. The van der Waals surface area contributed by atoms with Crippen LogP contribution in [0.2, 0.25) is 0 Å². The van der Waals surface area contributed by atoms with E-state index in [0.717, 1.165) is 42.2 Å². The fourth-order valence-electron chi connectivity index (χ4n) is 4.13. The predicted molar refractivity (Wildman–Crippen MR) is 135 cm³/mol. The number of ether oxygens (including phenoxy) is 2. The quantitative estimate of drug-likeness (QED) is 0.533. The van der Waals surface area contributed by atoms with Crippen molar-refractivity contribution in [2.45, 2.75) is 19.8 Å². The maximum absolute atomic E-state index is 13.1. The molecule has 1 fully saturated rings. The van der Waals surface area contributed by atoms with Crippen molar-refractivity contribution in [3.05, 3.63) is 54.6 Å². The Balaban J connectivity index is 1.43. The van der Waals surface area contributed by atoms with Crippen molar-refractivity contribution < 1.29 is 19.1 Å². The molecule has 2 heterocycles. The van der Waals surface area contributed by atoms with Crippen LogP contribution in [-0.2, 0) is 9.59 Å². The van der Waals surface area contributed by atoms with E-state index in [1.165, 1.54) is 6.92 Å². The van der Waals surface area contributed by atoms with Crippen LogP contribution >= 0.6 is 0 Å². The Morgan fingerprint density at radius 1 is 0.971 bits per heavy atom. The molecule has 2 amide bonds. The van der Waals surface area contributed by atoms with Gasteiger partial charge in [-0.15, -0.1) is 10.2 Å². The van der Waals surface area contributed by atoms with Crippen molar-refractivity contribution in [3.63, 3.8) is 0 Å². The zero-order chi connectivity index (χ0) is 24.8. The van der Waals surface area contributed by atoms with Crippen molar-refractivity contribution in [1.29, 1.82) is 0 Å². The predicted octanol–water partition coefficient (Wildman–Crippen LogP) is 3.97. The normalized spacial score (nSPS) is 15.3. The fraction of sp³-hybridized carbons (Fsp3) is 0.308. The van der Waals surface area contributed by atoms with Crippen LogP contribution in [0.15, 0.2) is 54.6 Å². The summed E-state index contributed by atoms with van der Waals surface area (Å²) >= 11 is 0. The van der Waals surface area contributed by atoms with Crippen LogP contribution in [0.5, 0.6) is 11.5 Å². The van der Waals surface area contributed by atoms with Gasteiger partial charge >= 0.3 is 0 Å². The molecule has 4 rings (SSSR count). The summed E-state index contributed by atoms with van der Waals surface area (Å²) < 4.78 is 10.6. The zero-order valence-electron chi connectivity index (χ0n) is 20.1. The van der Waals surface area contributed by atoms with Crippen molar-refractivity contribution in [2.75, 3.05) is 42.8 Å². The summed E-state index contributed by atoms with van der Waals surface area (Å²) in [7, 11) is 3.18. The van der Waals surface area contributed by atoms with E-state index in [9.17, 15) is 9.59 Å². The van der Waals surface area contributed by atoms with Crippen LogP contribution in [0.25, 0.3) is 11.3 Å². The Labute approximate surface area is 204 Å². The molecule has 0 bridgehead atoms. The number of nitrogens with one attached hydrogen (secondary N) is 2. The number of benzene rings is 2. The van der Waals surface area contributed by atoms with Crippen LogP contribution in [0, 0.1) is 5.92 Å². The highest BCUT2D eigenvalue weighted by atomic mass is 16.5. The third kappa shape index (κ3) is 5.87. The molecule has 1 saturated heterocycles. The third-order valence-electron chi connectivity index (χ3n) is 5.93. The lowest BCUT2D eigenvalue weighted by Gasteiger charge is -2.32. The number of carbonyl (C=O) groups is 2. The first-order valence-corrected chi connectivity index (χ1v) is 11.5. The minimum Gasteiger partial charge on any atom is -0.497 e. The molecular weight excluding hydrogens is 446 g/mol. The third-order valence-corrected chi connectivity index (χ3v) is 5.93. The molecule has 0 saturated carbocycles. The second-order valence-corrected chi connectivity index (χ2v) is 8.38. The van der Waals surface area contributed by atoms with Crippen LogP contribution < -0.4 is 25.0 Å². The number of aromatic nitrogens is 2. The van der Waals surface area contributed by atoms with Gasteiger partial charge in [0, 0.05) is 31.3 Å². The number of hydrogen-bond donors (Lipinski definition) is 2. The van der Waals surface area contributed by atoms with E-state index in [0.29, 0.717) is 23.7 Å². The van der Waals surface area contributed by atoms with Gasteiger partial charge in [0.05, 0.1) is 31.5 Å². The van der Waals surface area contributed by atoms with E-state index in [4.69, 9.17) is 9.47 Å². The van der Waals surface area contributed by atoms with Crippen molar-refractivity contribution in [1.82, 2.24) is 10.2 Å². The molecular formula is C26H29N5O4. The van der Waals surface area contributed by atoms with E-state index >= 15 is 0 Å². The average Bonchev–Trinajstić information content (AvgIpc) is 2.89. The van der Waals surface area contributed by atoms with Gasteiger partial charge in [0.15, 0.2) is 5.82 Å². The monoisotopic (exact) mass is 475 g/mol. The van der Waals surface area contributed by atoms with E-state index in [1.807, 2.05) is 36.4 Å². The van der Waals surface area contributed by atoms with Gasteiger partial charge in [-0.05, 0) is 67.4 Å². The second kappa shape index (κ2) is 10.9. The number of piperidine rings is 1. The summed E-state index contributed by atoms with van der Waals surface area (Å²) in [5, 5.41) is 14.5. The van der Waals surface area contributed by atoms with Crippen molar-refractivity contribution in [3.8, 4) is 22.8 Å². The molecule has 1 aliphatic rings. The summed E-state index contributed by atoms with van der Waals surface area (Å²) in [5.74, 6) is 1.55. The molecule has 0 radical (unpaired) electrons. The van der Waals surface area contributed by atoms with Crippen molar-refractivity contribution >= 4 is 29.0 Å². The van der Waals surface area contributed by atoms with E-state index in [2.05, 4.69) is 25.7 Å². The van der Waals surface area contributed by atoms with E-state index in [1.54, 1.807) is 32.4 Å². The molecule has 9 nitrogen and oxygen atoms in total. The summed E-state index contributed by atoms with van der Waals surface area (Å²) in [6, 6.07) is 16.7. The molecule has 2 aromatic carbocycles. The Bertz CT molecular complexity index is 1180. The zero-order valence-corrected chi connectivity index (χ0v) is 20.1. The molecule has 1 unspecified atom stereocenters. The van der Waals surface area contributed by atoms with Crippen LogP contribution in [0.3, 0.4) is 0 Å². The minimum absolute atomic E-state index is 0.101. The highest BCUT2D eigenvalue weighted by Gasteiger charge is 2.27. The van der Waals surface area contributed by atoms with Gasteiger partial charge in [-0.1, -0.05) is 0 Å². The first kappa shape index (κ1) is 24.0. The van der Waals surface area contributed by atoms with E-state index in [-0.39, 0.29) is 17.7 Å². The largest absolute Gasteiger partial charge is 0.497 e. The molecule has 1 aromatic heterocycles. The SMILES string of the molecule is COc1ccc(-c2ccc(N3CCCC(C(=O)Nc4cc(NC(C)=O)ccc4OC)C3)nn2)cc1. The molecule has 3 aromatic rings. The summed E-state index contributed by atoms with van der Waals surface area (Å²) in [6.07, 6.45) is 1.64. The Hall–Kier alpha value is -4.14. The highest BCUT2D eigenvalue weighted by Crippen LogP contribution is 2.30. The number of rotatable bonds is 7. The summed E-state index contributed by atoms with van der Waals surface area (Å²) in [5.41, 5.74) is 2.83. The molecule has 35 heavy (non-hydrogen) atoms. The second-order valence-electron chi connectivity index (χ2n) is 8.38. The van der Waals surface area contributed by atoms with Gasteiger partial charge in [-0.2, -0.15) is 0 Å². The van der Waals surface area contributed by atoms with Crippen LogP contribution in [0.4, 0.5) is 17.2 Å². The average molecular weight is 476 g/mol. The lowest BCUT2D eigenvalue weighted by atomic mass is 9.97. The Morgan fingerprint density at radius 3 is 2.43 bits per heavy atom. The number of anilines is 3. The van der Waals surface area contributed by atoms with Gasteiger partial charge in [-0.25, -0.2) is 0 Å². The maximum atomic E-state index is 13.1. The van der Waals surface area contributed by atoms with Crippen LogP contribution in [0.1, 0.15) is 19.8 Å². The van der Waals surface area contributed by atoms with Gasteiger partial charge in [0.1, 0.15) is 11.5 Å². The molecule has 1 atom stereocenters. The number of methoxy groups -OCH3 is 2. The Kier molecular flexibility index (Phi) is 7.45. The number of amides is 2. The van der Waals surface area contributed by atoms with Crippen LogP contribution in [-0.4, -0.2) is 49.3 Å². The lowest BCUT2D eigenvalue weighted by Crippen LogP contribution is -2.41. The molecule has 182 valence electrons. The maximum Gasteiger partial charge on any atom is 0.229 e. The number of carbonyl (C=O) groups excluding carboxylic acids is 2. The topological polar surface area (TPSA) is 106 Å². The fourth-order valence-corrected chi connectivity index (χ4v) is 4.13. The van der Waals surface area contributed by atoms with E-state index < -0.39 is 0 Å². The molecule has 0 spiro atoms. The Morgan fingerprint density at radius 2 is 1.77 bits per heavy atom. The molecule has 1 aliphatic heterocycles. The molecule has 0 aliphatic carbocycles. The number of hydrogen-bond acceptors (Lipinski definition) is 7. The smallest absolute Gasteiger partial charge is 0.229 e. The minimum atomic E-state index is -0.221. The van der Waals surface area contributed by atoms with Gasteiger partial charge in [0.25, 0.3) is 0 Å². The standard InChI is InChI=1S/C26H29N5O4/c1-17(32)27-20-8-12-24(35-3)23(15-20)28-26(33)19-5-4-14-31(16-19)25-13-11-22(29-30-25)18-6-9-21(34-2)10-7-18/h6-13,15,19H,4-5,14,16H2,1-3H3,(H,27,32)(H,28,33). The van der Waals surface area contributed by atoms with Gasteiger partial charge in [0.2, 0.25) is 11.8 Å². The van der Waals surface area contributed by atoms with Gasteiger partial charge < -0.3 is 25.0 Å². The number of nitrogens with zero attached hydrogens (tertiary/aromatic N) is 3. The highest BCUT2D eigenvalue weighted by molar-refractivity contribution is 5.96. The molecule has 2 N–H and O–H groups in total. The first-order chi connectivity index (χ1) is 17.0. The van der Waals surface area contributed by atoms with Crippen molar-refractivity contribution in [2.24, 2.45) is 5.92 Å².